The molecule has 0 spiro atoms. The first-order valence-corrected chi connectivity index (χ1v) is 5.17. The summed E-state index contributed by atoms with van der Waals surface area (Å²) in [5.74, 6) is -3.67. The molecule has 100 valence electrons. The van der Waals surface area contributed by atoms with Gasteiger partial charge in [-0.3, -0.25) is 9.36 Å². The molecule has 2 rings (SSSR count). The Balaban J connectivity index is 2.42. The van der Waals surface area contributed by atoms with Gasteiger partial charge in [-0.05, 0) is 6.07 Å². The molecule has 1 saturated heterocycles. The van der Waals surface area contributed by atoms with Gasteiger partial charge in [0.25, 0.3) is 5.56 Å². The molecule has 0 bridgehead atoms. The molecule has 0 aromatic carbocycles. The molecule has 8 heteroatoms. The van der Waals surface area contributed by atoms with Gasteiger partial charge in [-0.1, -0.05) is 0 Å². The minimum atomic E-state index is -3.67. The van der Waals surface area contributed by atoms with Crippen LogP contribution in [0.25, 0.3) is 0 Å². The molecule has 1 aliphatic heterocycles. The fourth-order valence-electron chi connectivity index (χ4n) is 1.82. The molecule has 0 amide bonds. The van der Waals surface area contributed by atoms with Crippen LogP contribution in [0.4, 0.5) is 14.5 Å². The minimum absolute atomic E-state index is 0.136. The number of aliphatic hydroxyl groups is 2. The van der Waals surface area contributed by atoms with E-state index >= 15 is 0 Å². The van der Waals surface area contributed by atoms with Crippen molar-refractivity contribution in [2.75, 3.05) is 12.3 Å². The smallest absolute Gasteiger partial charge is 0.320 e. The third-order valence-corrected chi connectivity index (χ3v) is 2.78. The topological polar surface area (TPSA) is 97.7 Å². The number of nitrogen functional groups attached to an aromatic ring is 1. The van der Waals surface area contributed by atoms with Gasteiger partial charge in [-0.15, -0.1) is 0 Å². The molecule has 3 atom stereocenters. The van der Waals surface area contributed by atoms with Crippen LogP contribution in [0.15, 0.2) is 23.1 Å². The van der Waals surface area contributed by atoms with E-state index in [9.17, 15) is 18.7 Å². The van der Waals surface area contributed by atoms with Crippen LogP contribution < -0.4 is 11.3 Å². The molecular formula is C10H12F2N2O4. The maximum Gasteiger partial charge on any atom is 0.320 e. The number of hydrogen-bond donors (Lipinski definition) is 3. The molecule has 0 saturated carbocycles. The molecule has 4 N–H and O–H groups in total. The molecule has 18 heavy (non-hydrogen) atoms. The number of aromatic nitrogens is 1. The van der Waals surface area contributed by atoms with E-state index in [1.807, 2.05) is 0 Å². The number of rotatable bonds is 2. The van der Waals surface area contributed by atoms with Crippen LogP contribution in [0.2, 0.25) is 0 Å². The lowest BCUT2D eigenvalue weighted by Gasteiger charge is -2.21. The molecule has 2 heterocycles. The quantitative estimate of drug-likeness (QED) is 0.656. The molecule has 1 aliphatic rings. The molecule has 1 aromatic heterocycles. The van der Waals surface area contributed by atoms with Crippen LogP contribution in [0.3, 0.4) is 0 Å². The third-order valence-electron chi connectivity index (χ3n) is 2.78. The zero-order valence-corrected chi connectivity index (χ0v) is 9.16. The summed E-state index contributed by atoms with van der Waals surface area (Å²) < 4.78 is 32.9. The van der Waals surface area contributed by atoms with E-state index in [1.54, 1.807) is 0 Å². The number of nitrogens with two attached hydrogens (primary N) is 1. The van der Waals surface area contributed by atoms with E-state index in [2.05, 4.69) is 0 Å². The number of ether oxygens (including phenoxy) is 1. The normalized spacial score (nSPS) is 30.6. The van der Waals surface area contributed by atoms with Gasteiger partial charge in [0.15, 0.2) is 6.10 Å². The Hall–Kier alpha value is -1.51. The molecular weight excluding hydrogens is 250 g/mol. The van der Waals surface area contributed by atoms with Crippen molar-refractivity contribution in [3.05, 3.63) is 28.7 Å². The average Bonchev–Trinajstić information content (AvgIpc) is 2.52. The number of alkyl halides is 2. The summed E-state index contributed by atoms with van der Waals surface area (Å²) in [6.07, 6.45) is -4.51. The first-order chi connectivity index (χ1) is 8.37. The van der Waals surface area contributed by atoms with Crippen LogP contribution in [0, 0.1) is 0 Å². The molecule has 1 aromatic rings. The number of anilines is 1. The van der Waals surface area contributed by atoms with Crippen LogP contribution in [0.5, 0.6) is 0 Å². The predicted octanol–water partition coefficient (Wildman–Crippen LogP) is -0.684. The SMILES string of the molecule is Nc1ccn(C2OC(CO)C(O)C2(F)F)c(=O)c1. The summed E-state index contributed by atoms with van der Waals surface area (Å²) in [4.78, 5) is 11.5. The van der Waals surface area contributed by atoms with Gasteiger partial charge in [0.05, 0.1) is 6.61 Å². The lowest BCUT2D eigenvalue weighted by molar-refractivity contribution is -0.140. The second-order valence-electron chi connectivity index (χ2n) is 4.03. The Morgan fingerprint density at radius 1 is 1.56 bits per heavy atom. The number of halogens is 2. The fourth-order valence-corrected chi connectivity index (χ4v) is 1.82. The van der Waals surface area contributed by atoms with E-state index in [1.165, 1.54) is 6.07 Å². The van der Waals surface area contributed by atoms with Gasteiger partial charge in [-0.2, -0.15) is 8.78 Å². The molecule has 6 nitrogen and oxygen atoms in total. The van der Waals surface area contributed by atoms with Crippen molar-refractivity contribution in [3.63, 3.8) is 0 Å². The number of aliphatic hydroxyl groups excluding tert-OH is 2. The molecule has 1 fully saturated rings. The van der Waals surface area contributed by atoms with E-state index < -0.39 is 36.5 Å². The summed E-state index contributed by atoms with van der Waals surface area (Å²) in [5, 5.41) is 18.1. The summed E-state index contributed by atoms with van der Waals surface area (Å²) in [5.41, 5.74) is 4.71. The second kappa shape index (κ2) is 4.30. The van der Waals surface area contributed by atoms with Crippen molar-refractivity contribution in [3.8, 4) is 0 Å². The Kier molecular flexibility index (Phi) is 3.09. The number of nitrogens with zero attached hydrogens (tertiary/aromatic N) is 1. The summed E-state index contributed by atoms with van der Waals surface area (Å²) >= 11 is 0. The largest absolute Gasteiger partial charge is 0.399 e. The maximum atomic E-state index is 13.7. The lowest BCUT2D eigenvalue weighted by atomic mass is 10.1. The van der Waals surface area contributed by atoms with Crippen molar-refractivity contribution in [1.82, 2.24) is 4.57 Å². The van der Waals surface area contributed by atoms with Crippen molar-refractivity contribution in [2.45, 2.75) is 24.4 Å². The van der Waals surface area contributed by atoms with Crippen molar-refractivity contribution in [2.24, 2.45) is 0 Å². The first kappa shape index (κ1) is 12.9. The number of hydrogen-bond acceptors (Lipinski definition) is 5. The van der Waals surface area contributed by atoms with Crippen molar-refractivity contribution >= 4 is 5.69 Å². The molecule has 0 aliphatic carbocycles. The van der Waals surface area contributed by atoms with E-state index in [0.717, 1.165) is 12.3 Å². The van der Waals surface area contributed by atoms with Gasteiger partial charge < -0.3 is 20.7 Å². The second-order valence-corrected chi connectivity index (χ2v) is 4.03. The third kappa shape index (κ3) is 1.88. The fraction of sp³-hybridized carbons (Fsp3) is 0.500. The number of pyridine rings is 1. The van der Waals surface area contributed by atoms with Gasteiger partial charge in [0.2, 0.25) is 6.23 Å². The Bertz CT molecular complexity index is 505. The predicted molar refractivity (Wildman–Crippen MR) is 57.1 cm³/mol. The zero-order chi connectivity index (χ0) is 13.5. The molecule has 0 radical (unpaired) electrons. The molecule has 3 unspecified atom stereocenters. The van der Waals surface area contributed by atoms with Crippen molar-refractivity contribution < 1.29 is 23.7 Å². The van der Waals surface area contributed by atoms with Crippen LogP contribution in [-0.2, 0) is 4.74 Å². The standard InChI is InChI=1S/C10H12F2N2O4/c11-10(12)8(17)6(4-15)18-9(10)14-2-1-5(13)3-7(14)16/h1-3,6,8-9,15,17H,4,13H2. The van der Waals surface area contributed by atoms with Gasteiger partial charge in [0.1, 0.15) is 6.10 Å². The zero-order valence-electron chi connectivity index (χ0n) is 9.16. The lowest BCUT2D eigenvalue weighted by Crippen LogP contribution is -2.41. The van der Waals surface area contributed by atoms with E-state index in [0.29, 0.717) is 4.57 Å². The first-order valence-electron chi connectivity index (χ1n) is 5.17. The highest BCUT2D eigenvalue weighted by molar-refractivity contribution is 5.34. The van der Waals surface area contributed by atoms with Gasteiger partial charge >= 0.3 is 5.92 Å². The van der Waals surface area contributed by atoms with Crippen molar-refractivity contribution in [1.29, 1.82) is 0 Å². The van der Waals surface area contributed by atoms with E-state index in [4.69, 9.17) is 15.6 Å². The summed E-state index contributed by atoms with van der Waals surface area (Å²) in [7, 11) is 0. The Morgan fingerprint density at radius 2 is 2.22 bits per heavy atom. The van der Waals surface area contributed by atoms with Crippen LogP contribution in [-0.4, -0.2) is 39.5 Å². The highest BCUT2D eigenvalue weighted by atomic mass is 19.3. The van der Waals surface area contributed by atoms with E-state index in [-0.39, 0.29) is 5.69 Å². The Morgan fingerprint density at radius 3 is 2.72 bits per heavy atom. The van der Waals surface area contributed by atoms with Gasteiger partial charge in [-0.25, -0.2) is 0 Å². The van der Waals surface area contributed by atoms with Crippen LogP contribution in [0.1, 0.15) is 6.23 Å². The highest BCUT2D eigenvalue weighted by Gasteiger charge is 2.59. The average molecular weight is 262 g/mol. The maximum absolute atomic E-state index is 13.7. The summed E-state index contributed by atoms with van der Waals surface area (Å²) in [6, 6.07) is 2.23. The Labute approximate surface area is 100 Å². The highest BCUT2D eigenvalue weighted by Crippen LogP contribution is 2.41. The minimum Gasteiger partial charge on any atom is -0.399 e. The van der Waals surface area contributed by atoms with Gasteiger partial charge in [0, 0.05) is 18.0 Å². The van der Waals surface area contributed by atoms with Crippen LogP contribution >= 0.6 is 0 Å². The monoisotopic (exact) mass is 262 g/mol. The summed E-state index contributed by atoms with van der Waals surface area (Å²) in [6.45, 7) is -0.767.